The molecule has 1 fully saturated rings. The predicted molar refractivity (Wildman–Crippen MR) is 64.8 cm³/mol. The lowest BCUT2D eigenvalue weighted by atomic mass is 9.85. The summed E-state index contributed by atoms with van der Waals surface area (Å²) < 4.78 is 5.22. The van der Waals surface area contributed by atoms with Crippen LogP contribution in [0.4, 0.5) is 5.82 Å². The Morgan fingerprint density at radius 3 is 3.12 bits per heavy atom. The number of halogens is 1. The summed E-state index contributed by atoms with van der Waals surface area (Å²) in [6, 6.07) is 3.05. The lowest BCUT2D eigenvalue weighted by Crippen LogP contribution is -2.47. The normalized spacial score (nSPS) is 28.1. The molecule has 0 bridgehead atoms. The van der Waals surface area contributed by atoms with Crippen LogP contribution in [0.5, 0.6) is 0 Å². The second-order valence-corrected chi connectivity index (χ2v) is 4.73. The van der Waals surface area contributed by atoms with Crippen LogP contribution < -0.4 is 11.1 Å². The molecular weight excluding hydrogens is 242 g/mol. The Kier molecular flexibility index (Phi) is 3.33. The standard InChI is InChI=1S/C11H14ClN3O2/c1-11(6-17-5-8(11)13)10(16)15-9-7(12)3-2-4-14-9/h2-4,8H,5-6,13H2,1H3,(H,14,15,16). The van der Waals surface area contributed by atoms with Crippen molar-refractivity contribution in [2.45, 2.75) is 13.0 Å². The van der Waals surface area contributed by atoms with E-state index >= 15 is 0 Å². The Morgan fingerprint density at radius 1 is 1.76 bits per heavy atom. The van der Waals surface area contributed by atoms with Gasteiger partial charge in [-0.05, 0) is 19.1 Å². The van der Waals surface area contributed by atoms with E-state index in [9.17, 15) is 4.79 Å². The van der Waals surface area contributed by atoms with Crippen LogP contribution in [0.3, 0.4) is 0 Å². The molecule has 0 radical (unpaired) electrons. The fraction of sp³-hybridized carbons (Fsp3) is 0.455. The molecule has 1 aliphatic rings. The Labute approximate surface area is 104 Å². The molecule has 17 heavy (non-hydrogen) atoms. The molecule has 92 valence electrons. The number of anilines is 1. The van der Waals surface area contributed by atoms with Gasteiger partial charge in [-0.15, -0.1) is 0 Å². The van der Waals surface area contributed by atoms with Crippen molar-refractivity contribution in [1.29, 1.82) is 0 Å². The summed E-state index contributed by atoms with van der Waals surface area (Å²) in [6.45, 7) is 2.47. The maximum absolute atomic E-state index is 12.1. The molecule has 0 saturated carbocycles. The molecule has 0 aromatic carbocycles. The van der Waals surface area contributed by atoms with Gasteiger partial charge in [0.05, 0.1) is 23.7 Å². The summed E-state index contributed by atoms with van der Waals surface area (Å²) in [4.78, 5) is 16.1. The molecule has 1 aromatic rings. The first-order valence-electron chi connectivity index (χ1n) is 5.29. The number of nitrogens with two attached hydrogens (primary N) is 1. The van der Waals surface area contributed by atoms with Gasteiger partial charge in [0.25, 0.3) is 0 Å². The van der Waals surface area contributed by atoms with Gasteiger partial charge in [-0.3, -0.25) is 4.79 Å². The van der Waals surface area contributed by atoms with E-state index in [-0.39, 0.29) is 11.9 Å². The average molecular weight is 256 g/mol. The van der Waals surface area contributed by atoms with Crippen LogP contribution in [0.25, 0.3) is 0 Å². The zero-order chi connectivity index (χ0) is 12.5. The third-order valence-corrected chi connectivity index (χ3v) is 3.33. The van der Waals surface area contributed by atoms with E-state index in [2.05, 4.69) is 10.3 Å². The molecule has 6 heteroatoms. The van der Waals surface area contributed by atoms with E-state index in [1.165, 1.54) is 0 Å². The third kappa shape index (κ3) is 2.26. The van der Waals surface area contributed by atoms with E-state index in [4.69, 9.17) is 22.1 Å². The number of aromatic nitrogens is 1. The van der Waals surface area contributed by atoms with Gasteiger partial charge in [0.2, 0.25) is 5.91 Å². The van der Waals surface area contributed by atoms with E-state index in [1.54, 1.807) is 25.3 Å². The van der Waals surface area contributed by atoms with Crippen LogP contribution in [0.1, 0.15) is 6.92 Å². The van der Waals surface area contributed by atoms with Crippen molar-refractivity contribution < 1.29 is 9.53 Å². The number of amides is 1. The summed E-state index contributed by atoms with van der Waals surface area (Å²) in [6.07, 6.45) is 1.56. The zero-order valence-corrected chi connectivity index (χ0v) is 10.2. The van der Waals surface area contributed by atoms with Crippen LogP contribution in [0.2, 0.25) is 5.02 Å². The van der Waals surface area contributed by atoms with Crippen molar-refractivity contribution in [2.24, 2.45) is 11.1 Å². The second-order valence-electron chi connectivity index (χ2n) is 4.33. The number of carbonyl (C=O) groups is 1. The highest BCUT2D eigenvalue weighted by molar-refractivity contribution is 6.33. The van der Waals surface area contributed by atoms with Crippen molar-refractivity contribution >= 4 is 23.3 Å². The van der Waals surface area contributed by atoms with E-state index < -0.39 is 5.41 Å². The predicted octanol–water partition coefficient (Wildman–Crippen LogP) is 1.04. The third-order valence-electron chi connectivity index (χ3n) is 3.03. The molecule has 1 amide bonds. The largest absolute Gasteiger partial charge is 0.379 e. The Hall–Kier alpha value is -1.17. The minimum absolute atomic E-state index is 0.219. The van der Waals surface area contributed by atoms with Crippen molar-refractivity contribution in [3.05, 3.63) is 23.4 Å². The SMILES string of the molecule is CC1(C(=O)Nc2ncccc2Cl)COCC1N. The molecule has 0 aliphatic carbocycles. The molecule has 2 atom stereocenters. The van der Waals surface area contributed by atoms with Gasteiger partial charge >= 0.3 is 0 Å². The Morgan fingerprint density at radius 2 is 2.53 bits per heavy atom. The highest BCUT2D eigenvalue weighted by Gasteiger charge is 2.44. The number of rotatable bonds is 2. The smallest absolute Gasteiger partial charge is 0.235 e. The van der Waals surface area contributed by atoms with Gasteiger partial charge in [0, 0.05) is 12.2 Å². The van der Waals surface area contributed by atoms with E-state index in [1.807, 2.05) is 0 Å². The Balaban J connectivity index is 2.15. The van der Waals surface area contributed by atoms with Crippen molar-refractivity contribution in [3.63, 3.8) is 0 Å². The van der Waals surface area contributed by atoms with Gasteiger partial charge in [-0.25, -0.2) is 4.98 Å². The highest BCUT2D eigenvalue weighted by Crippen LogP contribution is 2.29. The summed E-state index contributed by atoms with van der Waals surface area (Å²) in [5.74, 6) is 0.127. The van der Waals surface area contributed by atoms with E-state index in [0.29, 0.717) is 24.1 Å². The maximum atomic E-state index is 12.1. The average Bonchev–Trinajstić information content (AvgIpc) is 2.64. The van der Waals surface area contributed by atoms with Crippen LogP contribution in [0, 0.1) is 5.41 Å². The molecule has 5 nitrogen and oxygen atoms in total. The molecule has 2 heterocycles. The van der Waals surface area contributed by atoms with Gasteiger partial charge in [-0.1, -0.05) is 11.6 Å². The van der Waals surface area contributed by atoms with Crippen LogP contribution >= 0.6 is 11.6 Å². The number of carbonyl (C=O) groups excluding carboxylic acids is 1. The van der Waals surface area contributed by atoms with Crippen LogP contribution in [-0.4, -0.2) is 30.1 Å². The first-order chi connectivity index (χ1) is 8.04. The lowest BCUT2D eigenvalue weighted by Gasteiger charge is -2.25. The minimum atomic E-state index is -0.735. The van der Waals surface area contributed by atoms with Crippen LogP contribution in [-0.2, 0) is 9.53 Å². The molecule has 1 aromatic heterocycles. The molecular formula is C11H14ClN3O2. The lowest BCUT2D eigenvalue weighted by molar-refractivity contribution is -0.125. The number of pyridine rings is 1. The molecule has 0 spiro atoms. The highest BCUT2D eigenvalue weighted by atomic mass is 35.5. The van der Waals surface area contributed by atoms with Crippen molar-refractivity contribution in [1.82, 2.24) is 4.98 Å². The first-order valence-corrected chi connectivity index (χ1v) is 5.67. The quantitative estimate of drug-likeness (QED) is 0.828. The number of nitrogens with zero attached hydrogens (tertiary/aromatic N) is 1. The molecule has 3 N–H and O–H groups in total. The summed E-state index contributed by atoms with van der Waals surface area (Å²) in [5.41, 5.74) is 5.13. The number of hydrogen-bond acceptors (Lipinski definition) is 4. The van der Waals surface area contributed by atoms with Gasteiger partial charge in [0.1, 0.15) is 0 Å². The summed E-state index contributed by atoms with van der Waals surface area (Å²) >= 11 is 5.92. The monoisotopic (exact) mass is 255 g/mol. The Bertz CT molecular complexity index is 440. The fourth-order valence-corrected chi connectivity index (χ4v) is 1.82. The molecule has 2 unspecified atom stereocenters. The molecule has 1 aliphatic heterocycles. The summed E-state index contributed by atoms with van der Waals surface area (Å²) in [5, 5.41) is 3.08. The van der Waals surface area contributed by atoms with Crippen molar-refractivity contribution in [3.8, 4) is 0 Å². The number of nitrogens with one attached hydrogen (secondary N) is 1. The van der Waals surface area contributed by atoms with Crippen LogP contribution in [0.15, 0.2) is 18.3 Å². The zero-order valence-electron chi connectivity index (χ0n) is 9.44. The minimum Gasteiger partial charge on any atom is -0.379 e. The van der Waals surface area contributed by atoms with Gasteiger partial charge < -0.3 is 15.8 Å². The maximum Gasteiger partial charge on any atom is 0.235 e. The number of ether oxygens (including phenoxy) is 1. The number of hydrogen-bond donors (Lipinski definition) is 2. The van der Waals surface area contributed by atoms with E-state index in [0.717, 1.165) is 0 Å². The van der Waals surface area contributed by atoms with Gasteiger partial charge in [-0.2, -0.15) is 0 Å². The van der Waals surface area contributed by atoms with Gasteiger partial charge in [0.15, 0.2) is 5.82 Å². The van der Waals surface area contributed by atoms with Crippen molar-refractivity contribution in [2.75, 3.05) is 18.5 Å². The molecule has 1 saturated heterocycles. The first kappa shape index (κ1) is 12.3. The topological polar surface area (TPSA) is 77.2 Å². The summed E-state index contributed by atoms with van der Waals surface area (Å²) in [7, 11) is 0. The second kappa shape index (κ2) is 4.60. The molecule has 2 rings (SSSR count). The fourth-order valence-electron chi connectivity index (χ4n) is 1.65.